The number of carbonyl (C=O) groups excluding carboxylic acids is 2. The minimum atomic E-state index is -3.60. The van der Waals surface area contributed by atoms with Crippen molar-refractivity contribution in [2.45, 2.75) is 58.7 Å². The first-order valence-corrected chi connectivity index (χ1v) is 16.7. The average molecular weight is 659 g/mol. The van der Waals surface area contributed by atoms with Crippen molar-refractivity contribution < 1.29 is 22.7 Å². The second-order valence-electron chi connectivity index (χ2n) is 10.4. The molecule has 3 rings (SSSR count). The number of carbonyl (C=O) groups is 2. The van der Waals surface area contributed by atoms with Crippen molar-refractivity contribution in [3.05, 3.63) is 94.5 Å². The van der Waals surface area contributed by atoms with Crippen molar-refractivity contribution >= 4 is 43.5 Å². The van der Waals surface area contributed by atoms with E-state index in [9.17, 15) is 18.0 Å². The van der Waals surface area contributed by atoms with Crippen LogP contribution in [0.4, 0.5) is 5.69 Å². The Balaban J connectivity index is 1.86. The highest BCUT2D eigenvalue weighted by molar-refractivity contribution is 9.10. The molecule has 226 valence electrons. The van der Waals surface area contributed by atoms with Crippen LogP contribution in [0, 0.1) is 0 Å². The third-order valence-electron chi connectivity index (χ3n) is 6.53. The van der Waals surface area contributed by atoms with Crippen LogP contribution in [0.25, 0.3) is 0 Å². The summed E-state index contributed by atoms with van der Waals surface area (Å²) >= 11 is 3.50. The SMILES string of the molecule is CCOc1ccc(N(CCCC(=O)N(Cc2cccc(Br)c2)[C@@H](Cc2ccccc2)C(=O)NC(C)C)S(C)(=O)=O)cc1. The quantitative estimate of drug-likeness (QED) is 0.231. The van der Waals surface area contributed by atoms with Crippen molar-refractivity contribution in [2.75, 3.05) is 23.7 Å². The Bertz CT molecular complexity index is 1420. The number of nitrogens with one attached hydrogen (secondary N) is 1. The summed E-state index contributed by atoms with van der Waals surface area (Å²) in [5.41, 5.74) is 2.31. The predicted molar refractivity (Wildman–Crippen MR) is 171 cm³/mol. The fraction of sp³-hybridized carbons (Fsp3) is 0.375. The number of ether oxygens (including phenoxy) is 1. The van der Waals surface area contributed by atoms with Crippen molar-refractivity contribution in [3.8, 4) is 5.75 Å². The Morgan fingerprint density at radius 1 is 0.952 bits per heavy atom. The van der Waals surface area contributed by atoms with E-state index in [1.807, 2.05) is 75.4 Å². The van der Waals surface area contributed by atoms with E-state index in [0.717, 1.165) is 21.9 Å². The number of hydrogen-bond acceptors (Lipinski definition) is 5. The molecule has 0 bridgehead atoms. The zero-order valence-corrected chi connectivity index (χ0v) is 27.0. The minimum Gasteiger partial charge on any atom is -0.494 e. The molecule has 1 atom stereocenters. The molecule has 10 heteroatoms. The van der Waals surface area contributed by atoms with Gasteiger partial charge in [0.25, 0.3) is 0 Å². The fourth-order valence-corrected chi connectivity index (χ4v) is 6.06. The summed E-state index contributed by atoms with van der Waals surface area (Å²) in [6, 6.07) is 23.3. The molecule has 3 aromatic rings. The summed E-state index contributed by atoms with van der Waals surface area (Å²) in [7, 11) is -3.60. The van der Waals surface area contributed by atoms with Crippen molar-refractivity contribution in [1.82, 2.24) is 10.2 Å². The highest BCUT2D eigenvalue weighted by Crippen LogP contribution is 2.23. The van der Waals surface area contributed by atoms with Gasteiger partial charge in [0.2, 0.25) is 21.8 Å². The van der Waals surface area contributed by atoms with Crippen LogP contribution in [0.3, 0.4) is 0 Å². The maximum Gasteiger partial charge on any atom is 0.243 e. The Morgan fingerprint density at radius 2 is 1.62 bits per heavy atom. The third kappa shape index (κ3) is 10.2. The Kier molecular flexibility index (Phi) is 12.4. The van der Waals surface area contributed by atoms with Gasteiger partial charge in [-0.05, 0) is 74.7 Å². The average Bonchev–Trinajstić information content (AvgIpc) is 2.93. The molecule has 0 spiro atoms. The van der Waals surface area contributed by atoms with Gasteiger partial charge in [-0.15, -0.1) is 0 Å². The van der Waals surface area contributed by atoms with Gasteiger partial charge >= 0.3 is 0 Å². The molecule has 0 aliphatic heterocycles. The molecule has 0 unspecified atom stereocenters. The van der Waals surface area contributed by atoms with Crippen LogP contribution in [0.5, 0.6) is 5.75 Å². The van der Waals surface area contributed by atoms with E-state index in [1.54, 1.807) is 29.2 Å². The van der Waals surface area contributed by atoms with Gasteiger partial charge in [0.15, 0.2) is 0 Å². The van der Waals surface area contributed by atoms with Crippen LogP contribution in [0.2, 0.25) is 0 Å². The van der Waals surface area contributed by atoms with E-state index in [-0.39, 0.29) is 43.8 Å². The van der Waals surface area contributed by atoms with Gasteiger partial charge in [-0.25, -0.2) is 8.42 Å². The summed E-state index contributed by atoms with van der Waals surface area (Å²) in [4.78, 5) is 29.0. The van der Waals surface area contributed by atoms with E-state index in [4.69, 9.17) is 4.74 Å². The molecule has 1 N–H and O–H groups in total. The van der Waals surface area contributed by atoms with E-state index < -0.39 is 16.1 Å². The van der Waals surface area contributed by atoms with Crippen LogP contribution < -0.4 is 14.4 Å². The summed E-state index contributed by atoms with van der Waals surface area (Å²) in [5.74, 6) is 0.191. The minimum absolute atomic E-state index is 0.0668. The van der Waals surface area contributed by atoms with Gasteiger partial charge in [-0.1, -0.05) is 58.4 Å². The summed E-state index contributed by atoms with van der Waals surface area (Å²) in [6.07, 6.45) is 1.84. The number of halogens is 1. The molecule has 0 heterocycles. The number of anilines is 1. The van der Waals surface area contributed by atoms with Crippen LogP contribution in [-0.2, 0) is 32.6 Å². The number of benzene rings is 3. The second kappa shape index (κ2) is 15.7. The number of hydrogen-bond donors (Lipinski definition) is 1. The molecule has 0 radical (unpaired) electrons. The van der Waals surface area contributed by atoms with Gasteiger partial charge in [0.05, 0.1) is 18.6 Å². The smallest absolute Gasteiger partial charge is 0.243 e. The van der Waals surface area contributed by atoms with E-state index in [0.29, 0.717) is 24.5 Å². The monoisotopic (exact) mass is 657 g/mol. The van der Waals surface area contributed by atoms with Crippen LogP contribution in [0.15, 0.2) is 83.3 Å². The maximum atomic E-state index is 13.9. The molecular formula is C32H40BrN3O5S. The molecule has 0 aliphatic carbocycles. The van der Waals surface area contributed by atoms with Gasteiger partial charge < -0.3 is 15.0 Å². The fourth-order valence-electron chi connectivity index (χ4n) is 4.65. The molecule has 0 aromatic heterocycles. The Morgan fingerprint density at radius 3 is 2.21 bits per heavy atom. The summed E-state index contributed by atoms with van der Waals surface area (Å²) in [6.45, 7) is 6.51. The lowest BCUT2D eigenvalue weighted by Crippen LogP contribution is -2.51. The zero-order chi connectivity index (χ0) is 30.7. The standard InChI is InChI=1S/C32H40BrN3O5S/c1-5-41-29-18-16-28(17-19-29)36(42(4,39)40)20-10-15-31(37)35(23-26-13-9-14-27(33)21-26)30(32(38)34-24(2)3)22-25-11-7-6-8-12-25/h6-9,11-14,16-19,21,24,30H,5,10,15,20,22-23H2,1-4H3,(H,34,38)/t30-/m0/s1. The number of amides is 2. The Labute approximate surface area is 258 Å². The first-order valence-electron chi connectivity index (χ1n) is 14.1. The highest BCUT2D eigenvalue weighted by atomic mass is 79.9. The number of sulfonamides is 1. The maximum absolute atomic E-state index is 13.9. The number of rotatable bonds is 15. The van der Waals surface area contributed by atoms with E-state index in [2.05, 4.69) is 21.2 Å². The largest absolute Gasteiger partial charge is 0.494 e. The second-order valence-corrected chi connectivity index (χ2v) is 13.2. The molecule has 0 fully saturated rings. The van der Waals surface area contributed by atoms with Crippen LogP contribution in [-0.4, -0.2) is 56.6 Å². The predicted octanol–water partition coefficient (Wildman–Crippen LogP) is 5.56. The van der Waals surface area contributed by atoms with Crippen molar-refractivity contribution in [3.63, 3.8) is 0 Å². The topological polar surface area (TPSA) is 96.0 Å². The van der Waals surface area contributed by atoms with Crippen LogP contribution >= 0.6 is 15.9 Å². The van der Waals surface area contributed by atoms with E-state index in [1.165, 1.54) is 4.31 Å². The highest BCUT2D eigenvalue weighted by Gasteiger charge is 2.31. The van der Waals surface area contributed by atoms with Gasteiger partial charge in [0, 0.05) is 36.4 Å². The van der Waals surface area contributed by atoms with Crippen molar-refractivity contribution in [2.24, 2.45) is 0 Å². The zero-order valence-electron chi connectivity index (χ0n) is 24.6. The van der Waals surface area contributed by atoms with Gasteiger partial charge in [0.1, 0.15) is 11.8 Å². The first kappa shape index (κ1) is 33.1. The molecule has 0 saturated heterocycles. The molecule has 0 aliphatic rings. The molecule has 0 saturated carbocycles. The van der Waals surface area contributed by atoms with Gasteiger partial charge in [-0.2, -0.15) is 0 Å². The van der Waals surface area contributed by atoms with Crippen molar-refractivity contribution in [1.29, 1.82) is 0 Å². The molecule has 2 amide bonds. The molecule has 3 aromatic carbocycles. The summed E-state index contributed by atoms with van der Waals surface area (Å²) < 4.78 is 33.0. The lowest BCUT2D eigenvalue weighted by atomic mass is 10.0. The lowest BCUT2D eigenvalue weighted by Gasteiger charge is -2.32. The molecule has 42 heavy (non-hydrogen) atoms. The van der Waals surface area contributed by atoms with Gasteiger partial charge in [-0.3, -0.25) is 13.9 Å². The molecular weight excluding hydrogens is 618 g/mol. The summed E-state index contributed by atoms with van der Waals surface area (Å²) in [5, 5.41) is 2.98. The Hall–Kier alpha value is -3.37. The van der Waals surface area contributed by atoms with E-state index >= 15 is 0 Å². The molecule has 8 nitrogen and oxygen atoms in total. The first-order chi connectivity index (χ1) is 20.0. The normalized spacial score (nSPS) is 12.0. The van der Waals surface area contributed by atoms with Crippen LogP contribution in [0.1, 0.15) is 44.7 Å². The number of nitrogens with zero attached hydrogens (tertiary/aromatic N) is 2. The third-order valence-corrected chi connectivity index (χ3v) is 8.22. The lowest BCUT2D eigenvalue weighted by molar-refractivity contribution is -0.141.